The molecule has 0 aromatic rings. The van der Waals surface area contributed by atoms with Gasteiger partial charge in [-0.25, -0.2) is 0 Å². The normalized spacial score (nSPS) is 12.5. The molecule has 13 heteroatoms. The Morgan fingerprint density at radius 2 is 0.895 bits per heavy atom. The first-order valence-corrected chi connectivity index (χ1v) is 35.7. The van der Waals surface area contributed by atoms with Gasteiger partial charge in [0.15, 0.2) is 0 Å². The molecule has 518 valence electrons. The van der Waals surface area contributed by atoms with E-state index in [0.29, 0.717) is 43.3 Å². The molecule has 0 heterocycles. The Labute approximate surface area is 534 Å². The average molecular weight is 1230 g/mol. The minimum absolute atomic E-state index is 0.0613. The van der Waals surface area contributed by atoms with E-state index in [0.717, 1.165) is 89.9 Å². The van der Waals surface area contributed by atoms with Crippen LogP contribution in [0.15, 0.2) is 0 Å². The van der Waals surface area contributed by atoms with Gasteiger partial charge in [-0.15, -0.1) is 0 Å². The van der Waals surface area contributed by atoms with Crippen molar-refractivity contribution >= 4 is 35.8 Å². The Hall–Kier alpha value is -2.74. The lowest BCUT2D eigenvalue weighted by Crippen LogP contribution is -2.36. The van der Waals surface area contributed by atoms with Crippen LogP contribution in [0, 0.1) is 29.1 Å². The number of ether oxygens (including phenoxy) is 5. The maximum absolute atomic E-state index is 12.4. The van der Waals surface area contributed by atoms with Crippen LogP contribution in [0.3, 0.4) is 0 Å². The Bertz CT molecular complexity index is 1390. The van der Waals surface area contributed by atoms with Crippen LogP contribution in [0.5, 0.6) is 0 Å². The summed E-state index contributed by atoms with van der Waals surface area (Å²) in [5.74, 6) is 0.596. The van der Waals surface area contributed by atoms with Crippen LogP contribution in [0.25, 0.3) is 0 Å². The molecule has 0 saturated carbocycles. The van der Waals surface area contributed by atoms with Crippen molar-refractivity contribution in [3.8, 4) is 0 Å². The van der Waals surface area contributed by atoms with E-state index >= 15 is 0 Å². The van der Waals surface area contributed by atoms with Crippen molar-refractivity contribution in [2.45, 2.75) is 342 Å². The van der Waals surface area contributed by atoms with Crippen molar-refractivity contribution in [2.75, 3.05) is 67.6 Å². The van der Waals surface area contributed by atoms with Gasteiger partial charge in [0.25, 0.3) is 0 Å². The minimum Gasteiger partial charge on any atom is -0.465 e. The highest BCUT2D eigenvalue weighted by Gasteiger charge is 2.35. The van der Waals surface area contributed by atoms with Gasteiger partial charge in [0.2, 0.25) is 0 Å². The molecule has 0 rings (SSSR count). The van der Waals surface area contributed by atoms with Crippen LogP contribution >= 0.6 is 0 Å². The van der Waals surface area contributed by atoms with E-state index in [-0.39, 0.29) is 62.5 Å². The SMILES string of the molecule is CC.CC.CCC(CCC(=O)C(C)CC)COC.CCCCCCCCC.CCCCCCCCC(=O)C(C)CC.CCCCCCCCC(=O)OCC(CCC(=O)OCC(C)(CC)C(=O)OCCN(C)C)COCO.CCCCCCCCC=O. The maximum atomic E-state index is 12.4. The molecular formula is C73H149NO12. The Kier molecular flexibility index (Phi) is 90.4. The van der Waals surface area contributed by atoms with E-state index in [1.165, 1.54) is 128 Å². The van der Waals surface area contributed by atoms with Gasteiger partial charge in [0.1, 0.15) is 37.9 Å². The van der Waals surface area contributed by atoms with Gasteiger partial charge < -0.3 is 38.5 Å². The number of Topliss-reactive ketones (excluding diaryl/α,β-unsaturated/α-hetero) is 2. The van der Waals surface area contributed by atoms with Crippen molar-refractivity contribution < 1.29 is 57.6 Å². The van der Waals surface area contributed by atoms with Crippen LogP contribution in [-0.4, -0.2) is 113 Å². The fourth-order valence-corrected chi connectivity index (χ4v) is 8.25. The molecule has 0 spiro atoms. The third kappa shape index (κ3) is 75.5. The van der Waals surface area contributed by atoms with Crippen molar-refractivity contribution in [3.05, 3.63) is 0 Å². The van der Waals surface area contributed by atoms with Crippen LogP contribution in [0.4, 0.5) is 0 Å². The zero-order chi connectivity index (χ0) is 66.9. The molecule has 5 atom stereocenters. The van der Waals surface area contributed by atoms with Gasteiger partial charge in [0, 0.05) is 70.1 Å². The van der Waals surface area contributed by atoms with E-state index in [1.54, 1.807) is 14.0 Å². The first-order chi connectivity index (χ1) is 41.4. The van der Waals surface area contributed by atoms with Crippen LogP contribution in [0.2, 0.25) is 0 Å². The zero-order valence-corrected chi connectivity index (χ0v) is 60.7. The smallest absolute Gasteiger partial charge is 0.315 e. The number of methoxy groups -OCH3 is 1. The highest BCUT2D eigenvalue weighted by molar-refractivity contribution is 5.81. The summed E-state index contributed by atoms with van der Waals surface area (Å²) < 4.78 is 26.2. The second-order valence-electron chi connectivity index (χ2n) is 23.4. The van der Waals surface area contributed by atoms with Gasteiger partial charge in [-0.05, 0) is 78.3 Å². The van der Waals surface area contributed by atoms with Gasteiger partial charge in [0.05, 0.1) is 18.6 Å². The minimum atomic E-state index is -0.909. The number of esters is 3. The quantitative estimate of drug-likeness (QED) is 0.0201. The number of nitrogens with zero attached hydrogens (tertiary/aromatic N) is 1. The van der Waals surface area contributed by atoms with Crippen molar-refractivity contribution in [1.29, 1.82) is 0 Å². The zero-order valence-electron chi connectivity index (χ0n) is 60.7. The molecule has 0 aromatic carbocycles. The highest BCUT2D eigenvalue weighted by atomic mass is 16.6. The Balaban J connectivity index is -0.000000201. The third-order valence-electron chi connectivity index (χ3n) is 15.3. The lowest BCUT2D eigenvalue weighted by molar-refractivity contribution is -0.163. The van der Waals surface area contributed by atoms with Crippen molar-refractivity contribution in [2.24, 2.45) is 29.1 Å². The van der Waals surface area contributed by atoms with E-state index in [1.807, 2.05) is 67.5 Å². The number of aliphatic hydroxyl groups excluding tert-OH is 1. The summed E-state index contributed by atoms with van der Waals surface area (Å²) in [5, 5.41) is 8.95. The van der Waals surface area contributed by atoms with Crippen LogP contribution in [-0.2, 0) is 52.5 Å². The summed E-state index contributed by atoms with van der Waals surface area (Å²) in [4.78, 5) is 71.6. The number of likely N-dealkylation sites (N-methyl/N-ethyl adjacent to an activating group) is 1. The second-order valence-corrected chi connectivity index (χ2v) is 23.4. The van der Waals surface area contributed by atoms with Gasteiger partial charge in [-0.3, -0.25) is 24.0 Å². The van der Waals surface area contributed by atoms with Crippen molar-refractivity contribution in [3.63, 3.8) is 0 Å². The molecule has 5 unspecified atom stereocenters. The van der Waals surface area contributed by atoms with Gasteiger partial charge >= 0.3 is 17.9 Å². The number of ketones is 2. The number of aliphatic hydroxyl groups is 1. The molecule has 0 amide bonds. The Morgan fingerprint density at radius 1 is 0.488 bits per heavy atom. The number of hydrogen-bond donors (Lipinski definition) is 1. The molecule has 13 nitrogen and oxygen atoms in total. The number of hydrogen-bond acceptors (Lipinski definition) is 13. The molecule has 0 aliphatic heterocycles. The Morgan fingerprint density at radius 3 is 1.29 bits per heavy atom. The van der Waals surface area contributed by atoms with E-state index in [4.69, 9.17) is 28.8 Å². The monoisotopic (exact) mass is 1230 g/mol. The molecule has 0 saturated heterocycles. The second kappa shape index (κ2) is 80.3. The van der Waals surface area contributed by atoms with Gasteiger partial charge in [-0.2, -0.15) is 0 Å². The number of unbranched alkanes of at least 4 members (excludes halogenated alkanes) is 22. The first-order valence-electron chi connectivity index (χ1n) is 35.7. The standard InChI is InChI=1S/C26H49NO8.C13H26O.C12H24O2.C9H18O.C9H20.2C2H6/c1-6-8-9-10-11-12-13-23(29)34-19-22(18-32-21-28)14-15-24(30)35-20-26(3,7-2)25(31)33-17-16-27(4)5;1-4-6-7-8-9-10-11-13(14)12(3)5-2;1-5-10(3)12(13)8-7-11(6-2)9-14-4;1-2-3-4-5-6-7-8-9-10;1-3-5-7-9-8-6-4-2;2*1-2/h22,28H,6-21H2,1-5H3;12H,4-11H2,1-3H3;10-11H,5-9H2,1-4H3;9H,2-8H2,1H3;3-9H2,1-2H3;2*1-2H3. The third-order valence-corrected chi connectivity index (χ3v) is 15.3. The summed E-state index contributed by atoms with van der Waals surface area (Å²) in [6.07, 6.45) is 40.4. The average Bonchev–Trinajstić information content (AvgIpc) is 3.61. The molecule has 0 radical (unpaired) electrons. The summed E-state index contributed by atoms with van der Waals surface area (Å²) in [5.41, 5.74) is -0.909. The van der Waals surface area contributed by atoms with E-state index in [2.05, 4.69) is 55.4 Å². The van der Waals surface area contributed by atoms with E-state index in [9.17, 15) is 28.8 Å². The molecule has 0 bridgehead atoms. The van der Waals surface area contributed by atoms with Crippen LogP contribution in [0.1, 0.15) is 342 Å². The molecular weight excluding hydrogens is 1080 g/mol. The van der Waals surface area contributed by atoms with E-state index < -0.39 is 18.2 Å². The van der Waals surface area contributed by atoms with Gasteiger partial charge in [-0.1, -0.05) is 252 Å². The predicted octanol–water partition coefficient (Wildman–Crippen LogP) is 19.9. The van der Waals surface area contributed by atoms with Crippen molar-refractivity contribution in [1.82, 2.24) is 4.90 Å². The summed E-state index contributed by atoms with van der Waals surface area (Å²) in [6, 6.07) is 0. The topological polar surface area (TPSA) is 172 Å². The fraction of sp³-hybridized carbons (Fsp3) is 0.918. The maximum Gasteiger partial charge on any atom is 0.315 e. The lowest BCUT2D eigenvalue weighted by atomic mass is 9.89. The lowest BCUT2D eigenvalue weighted by Gasteiger charge is -2.26. The number of aldehydes is 1. The highest BCUT2D eigenvalue weighted by Crippen LogP contribution is 2.25. The largest absolute Gasteiger partial charge is 0.465 e. The molecule has 86 heavy (non-hydrogen) atoms. The molecule has 0 aliphatic carbocycles. The molecule has 0 aromatic heterocycles. The summed E-state index contributed by atoms with van der Waals surface area (Å²) in [6.45, 7) is 34.5. The number of carbonyl (C=O) groups excluding carboxylic acids is 6. The van der Waals surface area contributed by atoms with Crippen LogP contribution < -0.4 is 0 Å². The first kappa shape index (κ1) is 96.9. The number of carbonyl (C=O) groups is 6. The predicted molar refractivity (Wildman–Crippen MR) is 366 cm³/mol. The molecule has 1 N–H and O–H groups in total. The molecule has 0 aliphatic rings. The fourth-order valence-electron chi connectivity index (χ4n) is 8.25. The molecule has 0 fully saturated rings. The summed E-state index contributed by atoms with van der Waals surface area (Å²) in [7, 11) is 5.51. The number of rotatable bonds is 52. The summed E-state index contributed by atoms with van der Waals surface area (Å²) >= 11 is 0.